The molecule has 0 bridgehead atoms. The van der Waals surface area contributed by atoms with E-state index in [2.05, 4.69) is 217 Å². The molecule has 0 unspecified atom stereocenters. The molecule has 12 rings (SSSR count). The number of benzene rings is 10. The molecule has 276 valence electrons. The Morgan fingerprint density at radius 3 is 1.75 bits per heavy atom. The summed E-state index contributed by atoms with van der Waals surface area (Å²) in [7, 11) is 0. The SMILES string of the molecule is c1ccc(-c2ccc(-c3ccc(N(c4cccc5c4ccc4ccccc45)c4ccc(-c5ccccc5)c5sc6ccccc6c45)c4c3oc3ccccc34)cc2)cc1. The summed E-state index contributed by atoms with van der Waals surface area (Å²) in [6, 6.07) is 76.8. The third-order valence-electron chi connectivity index (χ3n) is 11.9. The summed E-state index contributed by atoms with van der Waals surface area (Å²) in [5, 5.41) is 9.55. The van der Waals surface area contributed by atoms with Gasteiger partial charge in [0.1, 0.15) is 11.2 Å². The van der Waals surface area contributed by atoms with Gasteiger partial charge in [-0.3, -0.25) is 0 Å². The van der Waals surface area contributed by atoms with E-state index in [4.69, 9.17) is 4.42 Å². The van der Waals surface area contributed by atoms with Gasteiger partial charge in [-0.15, -0.1) is 11.3 Å². The van der Waals surface area contributed by atoms with Crippen LogP contribution in [0.5, 0.6) is 0 Å². The van der Waals surface area contributed by atoms with Crippen LogP contribution in [0.4, 0.5) is 17.1 Å². The zero-order valence-corrected chi connectivity index (χ0v) is 32.8. The number of furan rings is 1. The largest absolute Gasteiger partial charge is 0.455 e. The Kier molecular flexibility index (Phi) is 7.75. The molecule has 10 aromatic carbocycles. The molecule has 0 aliphatic rings. The molecule has 0 aliphatic heterocycles. The van der Waals surface area contributed by atoms with Crippen LogP contribution in [0.3, 0.4) is 0 Å². The summed E-state index contributed by atoms with van der Waals surface area (Å²) in [6.45, 7) is 0. The molecular formula is C56H35NOS. The summed E-state index contributed by atoms with van der Waals surface area (Å²) in [5.74, 6) is 0. The molecule has 0 saturated carbocycles. The molecule has 0 saturated heterocycles. The van der Waals surface area contributed by atoms with Gasteiger partial charge in [-0.2, -0.15) is 0 Å². The summed E-state index contributed by atoms with van der Waals surface area (Å²) >= 11 is 1.87. The van der Waals surface area contributed by atoms with Crippen molar-refractivity contribution < 1.29 is 4.42 Å². The van der Waals surface area contributed by atoms with E-state index in [0.717, 1.165) is 50.1 Å². The minimum atomic E-state index is 0.867. The van der Waals surface area contributed by atoms with Gasteiger partial charge in [-0.1, -0.05) is 176 Å². The van der Waals surface area contributed by atoms with E-state index in [1.165, 1.54) is 64.0 Å². The van der Waals surface area contributed by atoms with E-state index in [1.807, 2.05) is 11.3 Å². The van der Waals surface area contributed by atoms with Crippen LogP contribution in [0, 0.1) is 0 Å². The molecule has 0 spiro atoms. The van der Waals surface area contributed by atoms with Crippen molar-refractivity contribution in [2.75, 3.05) is 4.90 Å². The fraction of sp³-hybridized carbons (Fsp3) is 0. The molecule has 2 nitrogen and oxygen atoms in total. The lowest BCUT2D eigenvalue weighted by Gasteiger charge is -2.29. The van der Waals surface area contributed by atoms with Crippen LogP contribution in [-0.2, 0) is 0 Å². The Bertz CT molecular complexity index is 3550. The number of nitrogens with zero attached hydrogens (tertiary/aromatic N) is 1. The summed E-state index contributed by atoms with van der Waals surface area (Å²) in [4.78, 5) is 2.51. The van der Waals surface area contributed by atoms with Crippen LogP contribution in [-0.4, -0.2) is 0 Å². The molecule has 2 heterocycles. The van der Waals surface area contributed by atoms with Crippen LogP contribution >= 0.6 is 11.3 Å². The predicted molar refractivity (Wildman–Crippen MR) is 253 cm³/mol. The topological polar surface area (TPSA) is 16.4 Å². The molecule has 12 aromatic rings. The summed E-state index contributed by atoms with van der Waals surface area (Å²) < 4.78 is 9.50. The first-order valence-electron chi connectivity index (χ1n) is 20.1. The zero-order valence-electron chi connectivity index (χ0n) is 32.0. The molecule has 0 aliphatic carbocycles. The smallest absolute Gasteiger partial charge is 0.145 e. The second-order valence-electron chi connectivity index (χ2n) is 15.2. The average Bonchev–Trinajstić information content (AvgIpc) is 3.90. The molecule has 59 heavy (non-hydrogen) atoms. The lowest BCUT2D eigenvalue weighted by atomic mass is 9.95. The minimum absolute atomic E-state index is 0.867. The highest BCUT2D eigenvalue weighted by Gasteiger charge is 2.26. The average molecular weight is 770 g/mol. The van der Waals surface area contributed by atoms with Gasteiger partial charge < -0.3 is 9.32 Å². The van der Waals surface area contributed by atoms with E-state index in [1.54, 1.807) is 0 Å². The highest BCUT2D eigenvalue weighted by atomic mass is 32.1. The highest BCUT2D eigenvalue weighted by molar-refractivity contribution is 7.26. The van der Waals surface area contributed by atoms with Crippen molar-refractivity contribution in [3.63, 3.8) is 0 Å². The van der Waals surface area contributed by atoms with E-state index < -0.39 is 0 Å². The lowest BCUT2D eigenvalue weighted by Crippen LogP contribution is -2.11. The van der Waals surface area contributed by atoms with Gasteiger partial charge in [0.05, 0.1) is 22.4 Å². The van der Waals surface area contributed by atoms with Crippen molar-refractivity contribution in [2.24, 2.45) is 0 Å². The Balaban J connectivity index is 1.18. The van der Waals surface area contributed by atoms with Crippen molar-refractivity contribution in [3.05, 3.63) is 212 Å². The van der Waals surface area contributed by atoms with Crippen molar-refractivity contribution >= 4 is 92.1 Å². The lowest BCUT2D eigenvalue weighted by molar-refractivity contribution is 0.670. The Hall–Kier alpha value is -7.46. The van der Waals surface area contributed by atoms with Crippen LogP contribution in [0.2, 0.25) is 0 Å². The van der Waals surface area contributed by atoms with E-state index in [9.17, 15) is 0 Å². The number of hydrogen-bond donors (Lipinski definition) is 0. The summed E-state index contributed by atoms with van der Waals surface area (Å²) in [5.41, 5.74) is 12.1. The third-order valence-corrected chi connectivity index (χ3v) is 13.1. The monoisotopic (exact) mass is 769 g/mol. The number of rotatable bonds is 6. The summed E-state index contributed by atoms with van der Waals surface area (Å²) in [6.07, 6.45) is 0. The van der Waals surface area contributed by atoms with Crippen molar-refractivity contribution in [1.82, 2.24) is 0 Å². The van der Waals surface area contributed by atoms with Crippen molar-refractivity contribution in [3.8, 4) is 33.4 Å². The van der Waals surface area contributed by atoms with Gasteiger partial charge >= 0.3 is 0 Å². The molecule has 0 N–H and O–H groups in total. The number of thiophene rings is 1. The van der Waals surface area contributed by atoms with Crippen molar-refractivity contribution in [2.45, 2.75) is 0 Å². The second kappa shape index (κ2) is 13.6. The first-order valence-corrected chi connectivity index (χ1v) is 20.9. The molecule has 0 atom stereocenters. The number of anilines is 3. The van der Waals surface area contributed by atoms with E-state index in [0.29, 0.717) is 0 Å². The number of hydrogen-bond acceptors (Lipinski definition) is 3. The van der Waals surface area contributed by atoms with Gasteiger partial charge in [-0.25, -0.2) is 0 Å². The maximum absolute atomic E-state index is 6.96. The molecule has 0 amide bonds. The number of fused-ring (bicyclic) bond motifs is 9. The van der Waals surface area contributed by atoms with Crippen LogP contribution < -0.4 is 4.90 Å². The van der Waals surface area contributed by atoms with Gasteiger partial charge in [-0.05, 0) is 80.4 Å². The van der Waals surface area contributed by atoms with E-state index in [-0.39, 0.29) is 0 Å². The zero-order chi connectivity index (χ0) is 38.9. The maximum atomic E-state index is 6.96. The Morgan fingerprint density at radius 1 is 0.339 bits per heavy atom. The molecule has 3 heteroatoms. The first kappa shape index (κ1) is 33.7. The van der Waals surface area contributed by atoms with Crippen molar-refractivity contribution in [1.29, 1.82) is 0 Å². The fourth-order valence-corrected chi connectivity index (χ4v) is 10.4. The van der Waals surface area contributed by atoms with Gasteiger partial charge in [0.2, 0.25) is 0 Å². The quantitative estimate of drug-likeness (QED) is 0.157. The van der Waals surface area contributed by atoms with Crippen LogP contribution in [0.15, 0.2) is 217 Å². The highest BCUT2D eigenvalue weighted by Crippen LogP contribution is 2.52. The fourth-order valence-electron chi connectivity index (χ4n) is 9.15. The van der Waals surface area contributed by atoms with Crippen LogP contribution in [0.25, 0.3) is 97.0 Å². The molecule has 0 fully saturated rings. The van der Waals surface area contributed by atoms with E-state index >= 15 is 0 Å². The second-order valence-corrected chi connectivity index (χ2v) is 16.2. The Labute approximate surface area is 345 Å². The van der Waals surface area contributed by atoms with Gasteiger partial charge in [0.15, 0.2) is 0 Å². The number of para-hydroxylation sites is 1. The van der Waals surface area contributed by atoms with Gasteiger partial charge in [0, 0.05) is 36.5 Å². The standard InChI is InChI=1S/C56H35NOS/c1-3-14-36(15-4-1)37-26-28-40(29-27-37)42-32-34-49(53-46-20-9-11-24-51(46)58-55(42)53)57(48-23-13-22-44-41-19-8-7-18-39(41)30-31-45(44)48)50-35-33-43(38-16-5-2-6-17-38)56-54(50)47-21-10-12-25-52(47)59-56/h1-35H. The first-order chi connectivity index (χ1) is 29.3. The Morgan fingerprint density at radius 2 is 0.932 bits per heavy atom. The normalized spacial score (nSPS) is 11.7. The molecular weight excluding hydrogens is 735 g/mol. The van der Waals surface area contributed by atoms with Crippen LogP contribution in [0.1, 0.15) is 0 Å². The maximum Gasteiger partial charge on any atom is 0.145 e. The predicted octanol–water partition coefficient (Wildman–Crippen LogP) is 16.7. The molecule has 0 radical (unpaired) electrons. The third kappa shape index (κ3) is 5.40. The minimum Gasteiger partial charge on any atom is -0.455 e. The molecule has 2 aromatic heterocycles. The van der Waals surface area contributed by atoms with Gasteiger partial charge in [0.25, 0.3) is 0 Å².